The maximum Gasteiger partial charge on any atom is 0.256 e. The molecular formula is C20H18F3N3O2. The van der Waals surface area contributed by atoms with Crippen molar-refractivity contribution >= 4 is 11.6 Å². The van der Waals surface area contributed by atoms with E-state index in [1.807, 2.05) is 0 Å². The largest absolute Gasteiger partial charge is 0.391 e. The predicted molar refractivity (Wildman–Crippen MR) is 96.2 cm³/mol. The number of hydrazine groups is 1. The maximum atomic E-state index is 14.0. The molecular weight excluding hydrogens is 371 g/mol. The molecule has 2 aliphatic rings. The molecule has 2 aromatic rings. The zero-order valence-electron chi connectivity index (χ0n) is 14.9. The molecule has 1 saturated heterocycles. The lowest BCUT2D eigenvalue weighted by molar-refractivity contribution is 0.0574. The SMILES string of the molecule is O=C(c1ccc(F)cc1F)N1CCC[C@H](C2=CN(c3ccc(F)cc3)NO2)C1. The molecule has 146 valence electrons. The standard InChI is InChI=1S/C20H18F3N3O2/c21-14-3-6-16(7-4-14)26-12-19(28-24-26)13-2-1-9-25(11-13)20(27)17-8-5-15(22)10-18(17)23/h3-8,10,12-13,24H,1-2,9,11H2/t13-/m0/s1. The zero-order valence-corrected chi connectivity index (χ0v) is 14.9. The first-order chi connectivity index (χ1) is 13.5. The third-order valence-corrected chi connectivity index (χ3v) is 4.90. The second-order valence-electron chi connectivity index (χ2n) is 6.79. The molecule has 0 aliphatic carbocycles. The van der Waals surface area contributed by atoms with E-state index in [2.05, 4.69) is 5.59 Å². The Kier molecular flexibility index (Phi) is 4.95. The second-order valence-corrected chi connectivity index (χ2v) is 6.79. The summed E-state index contributed by atoms with van der Waals surface area (Å²) < 4.78 is 40.1. The summed E-state index contributed by atoms with van der Waals surface area (Å²) in [5.74, 6) is -1.82. The monoisotopic (exact) mass is 389 g/mol. The van der Waals surface area contributed by atoms with Gasteiger partial charge in [0, 0.05) is 25.1 Å². The fourth-order valence-corrected chi connectivity index (χ4v) is 3.43. The molecule has 0 bridgehead atoms. The van der Waals surface area contributed by atoms with Crippen LogP contribution >= 0.6 is 0 Å². The Labute approximate surface area is 159 Å². The van der Waals surface area contributed by atoms with Gasteiger partial charge in [0.05, 0.1) is 17.5 Å². The van der Waals surface area contributed by atoms with Gasteiger partial charge in [0.2, 0.25) is 0 Å². The molecule has 0 aromatic heterocycles. The number of likely N-dealkylation sites (tertiary alicyclic amines) is 1. The number of rotatable bonds is 3. The lowest BCUT2D eigenvalue weighted by Gasteiger charge is -2.32. The number of hydrogen-bond donors (Lipinski definition) is 1. The average Bonchev–Trinajstić information content (AvgIpc) is 3.18. The molecule has 2 heterocycles. The van der Waals surface area contributed by atoms with Gasteiger partial charge in [-0.2, -0.15) is 0 Å². The van der Waals surface area contributed by atoms with Crippen molar-refractivity contribution in [2.24, 2.45) is 5.92 Å². The van der Waals surface area contributed by atoms with Crippen LogP contribution in [0.15, 0.2) is 54.4 Å². The van der Waals surface area contributed by atoms with Gasteiger partial charge in [0.15, 0.2) is 0 Å². The summed E-state index contributed by atoms with van der Waals surface area (Å²) in [4.78, 5) is 19.7. The second kappa shape index (κ2) is 7.55. The normalized spacial score (nSPS) is 19.4. The van der Waals surface area contributed by atoms with E-state index in [4.69, 9.17) is 4.84 Å². The summed E-state index contributed by atoms with van der Waals surface area (Å²) in [5.41, 5.74) is 3.30. The van der Waals surface area contributed by atoms with Crippen LogP contribution in [0.3, 0.4) is 0 Å². The lowest BCUT2D eigenvalue weighted by atomic mass is 9.95. The summed E-state index contributed by atoms with van der Waals surface area (Å²) in [7, 11) is 0. The molecule has 2 aromatic carbocycles. The highest BCUT2D eigenvalue weighted by Gasteiger charge is 2.31. The number of nitrogens with zero attached hydrogens (tertiary/aromatic N) is 2. The lowest BCUT2D eigenvalue weighted by Crippen LogP contribution is -2.41. The fourth-order valence-electron chi connectivity index (χ4n) is 3.43. The highest BCUT2D eigenvalue weighted by Crippen LogP contribution is 2.29. The quantitative estimate of drug-likeness (QED) is 0.869. The fraction of sp³-hybridized carbons (Fsp3) is 0.250. The van der Waals surface area contributed by atoms with Crippen LogP contribution in [0.4, 0.5) is 18.9 Å². The first-order valence-corrected chi connectivity index (χ1v) is 8.94. The van der Waals surface area contributed by atoms with E-state index in [9.17, 15) is 18.0 Å². The van der Waals surface area contributed by atoms with Crippen LogP contribution in [-0.4, -0.2) is 23.9 Å². The highest BCUT2D eigenvalue weighted by molar-refractivity contribution is 5.94. The first-order valence-electron chi connectivity index (χ1n) is 8.94. The predicted octanol–water partition coefficient (Wildman–Crippen LogP) is 3.75. The van der Waals surface area contributed by atoms with Crippen molar-refractivity contribution in [1.82, 2.24) is 10.5 Å². The van der Waals surface area contributed by atoms with Gasteiger partial charge in [-0.05, 0) is 49.2 Å². The Balaban J connectivity index is 1.47. The maximum absolute atomic E-state index is 14.0. The summed E-state index contributed by atoms with van der Waals surface area (Å²) in [5, 5.41) is 1.62. The van der Waals surface area contributed by atoms with Gasteiger partial charge in [-0.25, -0.2) is 18.2 Å². The minimum absolute atomic E-state index is 0.0702. The number of nitrogens with one attached hydrogen (secondary N) is 1. The van der Waals surface area contributed by atoms with Crippen LogP contribution in [0, 0.1) is 23.4 Å². The van der Waals surface area contributed by atoms with E-state index in [0.29, 0.717) is 30.6 Å². The molecule has 28 heavy (non-hydrogen) atoms. The summed E-state index contributed by atoms with van der Waals surface area (Å²) in [6.07, 6.45) is 3.29. The van der Waals surface area contributed by atoms with Crippen molar-refractivity contribution in [2.75, 3.05) is 18.1 Å². The average molecular weight is 389 g/mol. The van der Waals surface area contributed by atoms with Crippen LogP contribution in [0.25, 0.3) is 0 Å². The van der Waals surface area contributed by atoms with Crippen molar-refractivity contribution in [2.45, 2.75) is 12.8 Å². The summed E-state index contributed by atoms with van der Waals surface area (Å²) in [6.45, 7) is 0.856. The molecule has 0 saturated carbocycles. The number of amides is 1. The van der Waals surface area contributed by atoms with Crippen LogP contribution in [0.1, 0.15) is 23.2 Å². The molecule has 1 N–H and O–H groups in total. The first kappa shape index (κ1) is 18.4. The van der Waals surface area contributed by atoms with Crippen molar-refractivity contribution in [3.63, 3.8) is 0 Å². The Hall–Kier alpha value is -3.00. The third-order valence-electron chi connectivity index (χ3n) is 4.90. The molecule has 0 spiro atoms. The minimum Gasteiger partial charge on any atom is -0.391 e. The van der Waals surface area contributed by atoms with Crippen LogP contribution < -0.4 is 10.6 Å². The molecule has 1 atom stereocenters. The number of carbonyl (C=O) groups is 1. The van der Waals surface area contributed by atoms with Gasteiger partial charge in [-0.15, -0.1) is 0 Å². The minimum atomic E-state index is -0.868. The van der Waals surface area contributed by atoms with Crippen molar-refractivity contribution in [3.05, 3.63) is 77.4 Å². The summed E-state index contributed by atoms with van der Waals surface area (Å²) in [6, 6.07) is 8.87. The van der Waals surface area contributed by atoms with E-state index >= 15 is 0 Å². The number of piperidine rings is 1. The van der Waals surface area contributed by atoms with Gasteiger partial charge < -0.3 is 9.74 Å². The Bertz CT molecular complexity index is 917. The Morgan fingerprint density at radius 2 is 1.82 bits per heavy atom. The zero-order chi connectivity index (χ0) is 19.7. The van der Waals surface area contributed by atoms with Gasteiger partial charge in [-0.3, -0.25) is 4.79 Å². The molecule has 2 aliphatic heterocycles. The third kappa shape index (κ3) is 3.68. The molecule has 1 fully saturated rings. The number of anilines is 1. The molecule has 4 rings (SSSR count). The van der Waals surface area contributed by atoms with E-state index < -0.39 is 17.5 Å². The van der Waals surface area contributed by atoms with Gasteiger partial charge in [-0.1, -0.05) is 5.59 Å². The number of benzene rings is 2. The van der Waals surface area contributed by atoms with Crippen LogP contribution in [0.5, 0.6) is 0 Å². The topological polar surface area (TPSA) is 44.8 Å². The van der Waals surface area contributed by atoms with E-state index in [-0.39, 0.29) is 17.3 Å². The van der Waals surface area contributed by atoms with Crippen LogP contribution in [-0.2, 0) is 4.84 Å². The van der Waals surface area contributed by atoms with Crippen molar-refractivity contribution in [1.29, 1.82) is 0 Å². The number of carbonyl (C=O) groups excluding carboxylic acids is 1. The summed E-state index contributed by atoms with van der Waals surface area (Å²) >= 11 is 0. The number of hydrogen-bond acceptors (Lipinski definition) is 4. The van der Waals surface area contributed by atoms with E-state index in [0.717, 1.165) is 18.9 Å². The molecule has 1 amide bonds. The number of halogens is 3. The molecule has 5 nitrogen and oxygen atoms in total. The van der Waals surface area contributed by atoms with Crippen LogP contribution in [0.2, 0.25) is 0 Å². The van der Waals surface area contributed by atoms with Crippen molar-refractivity contribution < 1.29 is 22.8 Å². The Morgan fingerprint density at radius 3 is 2.57 bits per heavy atom. The van der Waals surface area contributed by atoms with Gasteiger partial charge in [0.1, 0.15) is 23.2 Å². The molecule has 0 unspecified atom stereocenters. The van der Waals surface area contributed by atoms with Gasteiger partial charge >= 0.3 is 0 Å². The molecule has 0 radical (unpaired) electrons. The molecule has 8 heteroatoms. The van der Waals surface area contributed by atoms with E-state index in [1.165, 1.54) is 18.2 Å². The highest BCUT2D eigenvalue weighted by atomic mass is 19.1. The smallest absolute Gasteiger partial charge is 0.256 e. The van der Waals surface area contributed by atoms with E-state index in [1.54, 1.807) is 28.2 Å². The van der Waals surface area contributed by atoms with Gasteiger partial charge in [0.25, 0.3) is 5.91 Å². The Morgan fingerprint density at radius 1 is 1.07 bits per heavy atom. The van der Waals surface area contributed by atoms with Crippen molar-refractivity contribution in [3.8, 4) is 0 Å².